The molecule has 0 fully saturated rings. The molecule has 0 aliphatic carbocycles. The number of terminal acetylenes is 1. The number of hydrogen-bond acceptors (Lipinski definition) is 7. The van der Waals surface area contributed by atoms with E-state index in [9.17, 15) is 9.90 Å². The number of phenols is 1. The quantitative estimate of drug-likeness (QED) is 0.411. The van der Waals surface area contributed by atoms with Gasteiger partial charge >= 0.3 is 0 Å². The van der Waals surface area contributed by atoms with Gasteiger partial charge in [0.15, 0.2) is 22.1 Å². The molecule has 0 saturated heterocycles. The Hall–Kier alpha value is -3.25. The third-order valence-electron chi connectivity index (χ3n) is 4.37. The molecule has 0 bridgehead atoms. The molecule has 0 atom stereocenters. The summed E-state index contributed by atoms with van der Waals surface area (Å²) in [4.78, 5) is 25.7. The molecule has 0 radical (unpaired) electrons. The van der Waals surface area contributed by atoms with Crippen LogP contribution in [0.15, 0.2) is 34.6 Å². The number of carbonyl (C=O) groups excluding carboxylic acids is 1. The van der Waals surface area contributed by atoms with Crippen molar-refractivity contribution in [2.45, 2.75) is 43.8 Å². The number of nitrogen functional groups attached to an aromatic ring is 1. The second-order valence-corrected chi connectivity index (χ2v) is 8.77. The topological polar surface area (TPSA) is 119 Å². The number of imidazole rings is 1. The van der Waals surface area contributed by atoms with E-state index >= 15 is 0 Å². The summed E-state index contributed by atoms with van der Waals surface area (Å²) in [6.45, 7) is 6.70. The van der Waals surface area contributed by atoms with Crippen LogP contribution in [0.4, 0.5) is 5.82 Å². The maximum Gasteiger partial charge on any atom is 0.225 e. The highest BCUT2D eigenvalue weighted by molar-refractivity contribution is 7.99. The Balaban J connectivity index is 1.88. The van der Waals surface area contributed by atoms with Gasteiger partial charge in [0.25, 0.3) is 0 Å². The van der Waals surface area contributed by atoms with Gasteiger partial charge in [-0.05, 0) is 24.6 Å². The van der Waals surface area contributed by atoms with E-state index in [4.69, 9.17) is 12.2 Å². The van der Waals surface area contributed by atoms with E-state index in [2.05, 4.69) is 26.2 Å². The van der Waals surface area contributed by atoms with E-state index in [-0.39, 0.29) is 17.5 Å². The third-order valence-corrected chi connectivity index (χ3v) is 5.42. The van der Waals surface area contributed by atoms with Crippen molar-refractivity contribution in [3.8, 4) is 18.1 Å². The Morgan fingerprint density at radius 3 is 2.83 bits per heavy atom. The Labute approximate surface area is 179 Å². The largest absolute Gasteiger partial charge is 0.508 e. The first kappa shape index (κ1) is 21.5. The van der Waals surface area contributed by atoms with Crippen LogP contribution in [-0.4, -0.2) is 37.1 Å². The van der Waals surface area contributed by atoms with Gasteiger partial charge in [-0.2, -0.15) is 0 Å². The fourth-order valence-corrected chi connectivity index (χ4v) is 3.77. The van der Waals surface area contributed by atoms with Crippen LogP contribution in [0.25, 0.3) is 11.2 Å². The maximum atomic E-state index is 12.1. The number of fused-ring (bicyclic) bond motifs is 1. The van der Waals surface area contributed by atoms with Gasteiger partial charge < -0.3 is 20.7 Å². The molecule has 8 nitrogen and oxygen atoms in total. The van der Waals surface area contributed by atoms with E-state index in [0.717, 1.165) is 0 Å². The zero-order chi connectivity index (χ0) is 21.9. The van der Waals surface area contributed by atoms with Crippen LogP contribution in [0, 0.1) is 17.8 Å². The smallest absolute Gasteiger partial charge is 0.225 e. The lowest BCUT2D eigenvalue weighted by Gasteiger charge is -2.17. The van der Waals surface area contributed by atoms with Gasteiger partial charge in [-0.15, -0.1) is 6.42 Å². The number of rotatable bonds is 6. The van der Waals surface area contributed by atoms with Gasteiger partial charge in [-0.25, -0.2) is 15.0 Å². The van der Waals surface area contributed by atoms with Crippen LogP contribution >= 0.6 is 11.8 Å². The highest BCUT2D eigenvalue weighted by Gasteiger charge is 2.21. The van der Waals surface area contributed by atoms with Crippen LogP contribution < -0.4 is 11.1 Å². The molecule has 156 valence electrons. The van der Waals surface area contributed by atoms with Crippen LogP contribution in [0.2, 0.25) is 0 Å². The second kappa shape index (κ2) is 8.63. The molecule has 0 unspecified atom stereocenters. The number of anilines is 1. The van der Waals surface area contributed by atoms with Crippen LogP contribution in [0.1, 0.15) is 32.8 Å². The van der Waals surface area contributed by atoms with Gasteiger partial charge in [0.2, 0.25) is 5.91 Å². The van der Waals surface area contributed by atoms with Crippen molar-refractivity contribution in [1.29, 1.82) is 0 Å². The van der Waals surface area contributed by atoms with Gasteiger partial charge in [0, 0.05) is 29.0 Å². The summed E-state index contributed by atoms with van der Waals surface area (Å²) < 4.78 is 1.92. The van der Waals surface area contributed by atoms with Gasteiger partial charge in [0.1, 0.15) is 12.1 Å². The zero-order valence-corrected chi connectivity index (χ0v) is 18.0. The molecule has 3 rings (SSSR count). The Morgan fingerprint density at radius 1 is 1.37 bits per heavy atom. The second-order valence-electron chi connectivity index (χ2n) is 7.76. The lowest BCUT2D eigenvalue weighted by molar-refractivity contribution is -0.128. The maximum absolute atomic E-state index is 12.1. The highest BCUT2D eigenvalue weighted by atomic mass is 32.2. The fraction of sp³-hybridized carbons (Fsp3) is 0.333. The van der Waals surface area contributed by atoms with Crippen LogP contribution in [-0.2, 0) is 11.3 Å². The van der Waals surface area contributed by atoms with E-state index in [0.29, 0.717) is 46.3 Å². The van der Waals surface area contributed by atoms with E-state index < -0.39 is 5.41 Å². The molecular weight excluding hydrogens is 400 g/mol. The summed E-state index contributed by atoms with van der Waals surface area (Å²) in [6, 6.07) is 4.83. The summed E-state index contributed by atoms with van der Waals surface area (Å²) in [5.41, 5.74) is 7.30. The van der Waals surface area contributed by atoms with Gasteiger partial charge in [-0.3, -0.25) is 4.79 Å². The minimum Gasteiger partial charge on any atom is -0.508 e. The van der Waals surface area contributed by atoms with E-state index in [1.165, 1.54) is 18.1 Å². The minimum atomic E-state index is -0.439. The number of phenolic OH excluding ortho intramolecular Hbond substituents is 1. The van der Waals surface area contributed by atoms with Crippen molar-refractivity contribution in [2.75, 3.05) is 12.3 Å². The molecule has 9 heteroatoms. The van der Waals surface area contributed by atoms with Crippen molar-refractivity contribution < 1.29 is 9.90 Å². The predicted octanol–water partition coefficient (Wildman–Crippen LogP) is 2.80. The number of aromatic hydroxyl groups is 1. The van der Waals surface area contributed by atoms with E-state index in [1.54, 1.807) is 18.2 Å². The molecule has 1 aromatic carbocycles. The first-order valence-corrected chi connectivity index (χ1v) is 10.2. The fourth-order valence-electron chi connectivity index (χ4n) is 2.73. The first-order valence-electron chi connectivity index (χ1n) is 9.43. The lowest BCUT2D eigenvalue weighted by atomic mass is 9.96. The zero-order valence-electron chi connectivity index (χ0n) is 17.1. The van der Waals surface area contributed by atoms with Crippen molar-refractivity contribution in [3.63, 3.8) is 0 Å². The summed E-state index contributed by atoms with van der Waals surface area (Å²) in [6.07, 6.45) is 7.67. The number of nitrogens with one attached hydrogen (secondary N) is 1. The molecule has 0 aliphatic heterocycles. The molecule has 0 spiro atoms. The number of aromatic nitrogens is 4. The Morgan fingerprint density at radius 2 is 2.13 bits per heavy atom. The average molecular weight is 425 g/mol. The van der Waals surface area contributed by atoms with E-state index in [1.807, 2.05) is 25.3 Å². The summed E-state index contributed by atoms with van der Waals surface area (Å²) in [7, 11) is 0. The molecule has 1 amide bonds. The Bertz CT molecular complexity index is 1130. The minimum absolute atomic E-state index is 0.00224. The highest BCUT2D eigenvalue weighted by Crippen LogP contribution is 2.34. The lowest BCUT2D eigenvalue weighted by Crippen LogP contribution is -2.35. The molecule has 2 aromatic heterocycles. The molecular formula is C21H24N6O2S. The summed E-state index contributed by atoms with van der Waals surface area (Å²) in [5, 5.41) is 13.4. The molecule has 30 heavy (non-hydrogen) atoms. The monoisotopic (exact) mass is 424 g/mol. The summed E-state index contributed by atoms with van der Waals surface area (Å²) >= 11 is 1.32. The predicted molar refractivity (Wildman–Crippen MR) is 117 cm³/mol. The number of benzene rings is 1. The molecule has 0 aliphatic rings. The third kappa shape index (κ3) is 4.66. The number of carbonyl (C=O) groups is 1. The van der Waals surface area contributed by atoms with Gasteiger partial charge in [-0.1, -0.05) is 38.5 Å². The van der Waals surface area contributed by atoms with Crippen molar-refractivity contribution >= 4 is 34.7 Å². The van der Waals surface area contributed by atoms with Crippen molar-refractivity contribution in [1.82, 2.24) is 24.8 Å². The van der Waals surface area contributed by atoms with Crippen molar-refractivity contribution in [3.05, 3.63) is 30.1 Å². The Kier molecular flexibility index (Phi) is 6.17. The number of nitrogens with two attached hydrogens (primary N) is 1. The van der Waals surface area contributed by atoms with Crippen molar-refractivity contribution in [2.24, 2.45) is 5.41 Å². The van der Waals surface area contributed by atoms with Crippen LogP contribution in [0.5, 0.6) is 5.75 Å². The SMILES string of the molecule is C#Cc1ccc(O)cc1Sc1nc2c(N)ncnc2n1CCCNC(=O)C(C)(C)C. The number of aryl methyl sites for hydroxylation is 1. The summed E-state index contributed by atoms with van der Waals surface area (Å²) in [5.74, 6) is 3.02. The van der Waals surface area contributed by atoms with Gasteiger partial charge in [0.05, 0.1) is 0 Å². The molecule has 0 saturated carbocycles. The molecule has 4 N–H and O–H groups in total. The molecule has 3 aromatic rings. The molecule has 2 heterocycles. The first-order chi connectivity index (χ1) is 14.2. The number of amides is 1. The average Bonchev–Trinajstić information content (AvgIpc) is 3.03. The van der Waals surface area contributed by atoms with Crippen LogP contribution in [0.3, 0.4) is 0 Å². The number of nitrogens with zero attached hydrogens (tertiary/aromatic N) is 4. The normalized spacial score (nSPS) is 11.4. The standard InChI is InChI=1S/C21H24N6O2S/c1-5-13-7-8-14(28)11-15(13)30-20-26-16-17(22)24-12-25-18(16)27(20)10-6-9-23-19(29)21(2,3)4/h1,7-8,11-12,28H,6,9-10H2,2-4H3,(H,23,29)(H2,22,24,25). The number of hydrogen-bond donors (Lipinski definition) is 3.